The van der Waals surface area contributed by atoms with Crippen LogP contribution < -0.4 is 15.5 Å². The van der Waals surface area contributed by atoms with E-state index in [1.807, 2.05) is 31.1 Å². The Morgan fingerprint density at radius 1 is 1.14 bits per heavy atom. The number of piperazine rings is 1. The Morgan fingerprint density at radius 3 is 2.41 bits per heavy atom. The van der Waals surface area contributed by atoms with E-state index in [0.29, 0.717) is 24.3 Å². The fourth-order valence-electron chi connectivity index (χ4n) is 3.15. The SMILES string of the molecule is CN(C)c1ccc(C(=O)N2CCNC(=O)[C@@H]2CC(=O)Nc2ccc(F)cc2)cc1. The minimum atomic E-state index is -0.912. The first-order chi connectivity index (χ1) is 13.8. The van der Waals surface area contributed by atoms with Gasteiger partial charge in [0.2, 0.25) is 11.8 Å². The third kappa shape index (κ3) is 4.90. The Labute approximate surface area is 168 Å². The van der Waals surface area contributed by atoms with E-state index in [-0.39, 0.29) is 18.2 Å². The summed E-state index contributed by atoms with van der Waals surface area (Å²) in [7, 11) is 3.81. The normalized spacial score (nSPS) is 16.2. The van der Waals surface area contributed by atoms with Crippen molar-refractivity contribution in [3.8, 4) is 0 Å². The van der Waals surface area contributed by atoms with E-state index < -0.39 is 17.8 Å². The van der Waals surface area contributed by atoms with Crippen LogP contribution >= 0.6 is 0 Å². The zero-order chi connectivity index (χ0) is 21.0. The van der Waals surface area contributed by atoms with Gasteiger partial charge in [-0.2, -0.15) is 0 Å². The van der Waals surface area contributed by atoms with Gasteiger partial charge in [0.25, 0.3) is 5.91 Å². The van der Waals surface area contributed by atoms with Crippen LogP contribution in [0.3, 0.4) is 0 Å². The molecule has 0 spiro atoms. The molecule has 1 fully saturated rings. The van der Waals surface area contributed by atoms with Gasteiger partial charge in [-0.3, -0.25) is 14.4 Å². The Balaban J connectivity index is 1.72. The van der Waals surface area contributed by atoms with Crippen LogP contribution in [0.5, 0.6) is 0 Å². The fourth-order valence-corrected chi connectivity index (χ4v) is 3.15. The highest BCUT2D eigenvalue weighted by molar-refractivity contribution is 6.01. The monoisotopic (exact) mass is 398 g/mol. The lowest BCUT2D eigenvalue weighted by Crippen LogP contribution is -2.58. The second-order valence-electron chi connectivity index (χ2n) is 7.01. The van der Waals surface area contributed by atoms with Crippen LogP contribution in [0.4, 0.5) is 15.8 Å². The van der Waals surface area contributed by atoms with Crippen molar-refractivity contribution in [3.63, 3.8) is 0 Å². The predicted molar refractivity (Wildman–Crippen MR) is 108 cm³/mol. The quantitative estimate of drug-likeness (QED) is 0.806. The van der Waals surface area contributed by atoms with Crippen molar-refractivity contribution in [1.29, 1.82) is 0 Å². The zero-order valence-electron chi connectivity index (χ0n) is 16.3. The van der Waals surface area contributed by atoms with Crippen LogP contribution in [-0.4, -0.2) is 55.8 Å². The van der Waals surface area contributed by atoms with Crippen molar-refractivity contribution in [1.82, 2.24) is 10.2 Å². The second-order valence-corrected chi connectivity index (χ2v) is 7.01. The highest BCUT2D eigenvalue weighted by atomic mass is 19.1. The molecule has 0 radical (unpaired) electrons. The molecule has 0 saturated carbocycles. The number of benzene rings is 2. The maximum absolute atomic E-state index is 13.0. The minimum Gasteiger partial charge on any atom is -0.378 e. The fraction of sp³-hybridized carbons (Fsp3) is 0.286. The van der Waals surface area contributed by atoms with Gasteiger partial charge in [0.05, 0.1) is 6.42 Å². The molecule has 2 aromatic carbocycles. The molecule has 1 aliphatic rings. The van der Waals surface area contributed by atoms with E-state index in [1.165, 1.54) is 29.2 Å². The molecular formula is C21H23FN4O3. The standard InChI is InChI=1S/C21H23FN4O3/c1-25(2)17-9-3-14(4-10-17)21(29)26-12-11-23-20(28)18(26)13-19(27)24-16-7-5-15(22)6-8-16/h3-10,18H,11-13H2,1-2H3,(H,23,28)(H,24,27)/t18-/m0/s1. The number of halogens is 1. The van der Waals surface area contributed by atoms with E-state index >= 15 is 0 Å². The molecule has 0 aliphatic carbocycles. The molecule has 1 saturated heterocycles. The number of rotatable bonds is 5. The van der Waals surface area contributed by atoms with Crippen molar-refractivity contribution in [2.24, 2.45) is 0 Å². The Morgan fingerprint density at radius 2 is 1.79 bits per heavy atom. The van der Waals surface area contributed by atoms with Gasteiger partial charge in [0, 0.05) is 44.1 Å². The minimum absolute atomic E-state index is 0.190. The third-order valence-electron chi connectivity index (χ3n) is 4.73. The maximum atomic E-state index is 13.0. The smallest absolute Gasteiger partial charge is 0.254 e. The first-order valence-corrected chi connectivity index (χ1v) is 9.26. The van der Waals surface area contributed by atoms with Crippen LogP contribution in [0.1, 0.15) is 16.8 Å². The lowest BCUT2D eigenvalue weighted by Gasteiger charge is -2.34. The summed E-state index contributed by atoms with van der Waals surface area (Å²) in [5.74, 6) is -1.51. The average Bonchev–Trinajstić information content (AvgIpc) is 2.71. The van der Waals surface area contributed by atoms with E-state index in [4.69, 9.17) is 0 Å². The molecule has 29 heavy (non-hydrogen) atoms. The van der Waals surface area contributed by atoms with Gasteiger partial charge >= 0.3 is 0 Å². The van der Waals surface area contributed by atoms with Crippen LogP contribution in [0.2, 0.25) is 0 Å². The molecular weight excluding hydrogens is 375 g/mol. The molecule has 3 amide bonds. The zero-order valence-corrected chi connectivity index (χ0v) is 16.3. The largest absolute Gasteiger partial charge is 0.378 e. The van der Waals surface area contributed by atoms with Gasteiger partial charge in [-0.25, -0.2) is 4.39 Å². The van der Waals surface area contributed by atoms with Crippen LogP contribution in [0.25, 0.3) is 0 Å². The van der Waals surface area contributed by atoms with Crippen LogP contribution in [0, 0.1) is 5.82 Å². The molecule has 1 aliphatic heterocycles. The van der Waals surface area contributed by atoms with Crippen molar-refractivity contribution >= 4 is 29.1 Å². The van der Waals surface area contributed by atoms with Crippen molar-refractivity contribution in [2.45, 2.75) is 12.5 Å². The van der Waals surface area contributed by atoms with E-state index in [2.05, 4.69) is 10.6 Å². The molecule has 0 unspecified atom stereocenters. The molecule has 0 bridgehead atoms. The van der Waals surface area contributed by atoms with E-state index in [1.54, 1.807) is 12.1 Å². The molecule has 0 aromatic heterocycles. The topological polar surface area (TPSA) is 81.8 Å². The summed E-state index contributed by atoms with van der Waals surface area (Å²) in [5, 5.41) is 5.33. The molecule has 1 heterocycles. The van der Waals surface area contributed by atoms with Crippen LogP contribution in [0.15, 0.2) is 48.5 Å². The summed E-state index contributed by atoms with van der Waals surface area (Å²) in [4.78, 5) is 41.1. The summed E-state index contributed by atoms with van der Waals surface area (Å²) in [5.41, 5.74) is 1.83. The number of amides is 3. The lowest BCUT2D eigenvalue weighted by atomic mass is 10.1. The molecule has 3 rings (SSSR count). The molecule has 1 atom stereocenters. The van der Waals surface area contributed by atoms with Crippen LogP contribution in [-0.2, 0) is 9.59 Å². The molecule has 8 heteroatoms. The number of anilines is 2. The molecule has 2 aromatic rings. The highest BCUT2D eigenvalue weighted by Crippen LogP contribution is 2.18. The highest BCUT2D eigenvalue weighted by Gasteiger charge is 2.35. The van der Waals surface area contributed by atoms with E-state index in [9.17, 15) is 18.8 Å². The van der Waals surface area contributed by atoms with E-state index in [0.717, 1.165) is 5.69 Å². The number of nitrogens with zero attached hydrogens (tertiary/aromatic N) is 2. The summed E-state index contributed by atoms with van der Waals surface area (Å²) < 4.78 is 13.0. The Bertz CT molecular complexity index is 897. The second kappa shape index (κ2) is 8.72. The van der Waals surface area contributed by atoms with Crippen molar-refractivity contribution in [2.75, 3.05) is 37.4 Å². The van der Waals surface area contributed by atoms with Gasteiger partial charge in [0.15, 0.2) is 0 Å². The number of carbonyl (C=O) groups is 3. The first kappa shape index (κ1) is 20.3. The summed E-state index contributed by atoms with van der Waals surface area (Å²) in [6.07, 6.45) is -0.190. The van der Waals surface area contributed by atoms with Crippen molar-refractivity contribution in [3.05, 3.63) is 59.9 Å². The van der Waals surface area contributed by atoms with Gasteiger partial charge < -0.3 is 20.4 Å². The predicted octanol–water partition coefficient (Wildman–Crippen LogP) is 1.86. The van der Waals surface area contributed by atoms with Gasteiger partial charge in [-0.05, 0) is 48.5 Å². The summed E-state index contributed by atoms with van der Waals surface area (Å²) in [6, 6.07) is 11.5. The molecule has 7 nitrogen and oxygen atoms in total. The first-order valence-electron chi connectivity index (χ1n) is 9.26. The van der Waals surface area contributed by atoms with Gasteiger partial charge in [-0.1, -0.05) is 0 Å². The third-order valence-corrected chi connectivity index (χ3v) is 4.73. The maximum Gasteiger partial charge on any atom is 0.254 e. The lowest BCUT2D eigenvalue weighted by molar-refractivity contribution is -0.131. The number of hydrogen-bond acceptors (Lipinski definition) is 4. The summed E-state index contributed by atoms with van der Waals surface area (Å²) in [6.45, 7) is 0.644. The van der Waals surface area contributed by atoms with Gasteiger partial charge in [0.1, 0.15) is 11.9 Å². The average molecular weight is 398 g/mol. The van der Waals surface area contributed by atoms with Crippen molar-refractivity contribution < 1.29 is 18.8 Å². The van der Waals surface area contributed by atoms with Gasteiger partial charge in [-0.15, -0.1) is 0 Å². The molecule has 2 N–H and O–H groups in total. The number of carbonyl (C=O) groups excluding carboxylic acids is 3. The molecule has 152 valence electrons. The summed E-state index contributed by atoms with van der Waals surface area (Å²) >= 11 is 0. The Hall–Kier alpha value is -3.42. The number of hydrogen-bond donors (Lipinski definition) is 2. The number of nitrogens with one attached hydrogen (secondary N) is 2. The Kier molecular flexibility index (Phi) is 6.11.